The molecule has 0 amide bonds. The summed E-state index contributed by atoms with van der Waals surface area (Å²) in [7, 11) is 1.56. The molecular formula is C8H6ClN3OS. The Balaban J connectivity index is 2.50. The number of ether oxygens (including phenoxy) is 1. The maximum Gasteiger partial charge on any atom is 0.223 e. The van der Waals surface area contributed by atoms with Crippen LogP contribution in [0, 0.1) is 0 Å². The molecule has 0 atom stereocenters. The molecule has 0 aliphatic heterocycles. The van der Waals surface area contributed by atoms with E-state index >= 15 is 0 Å². The average molecular weight is 228 g/mol. The number of rotatable bonds is 2. The van der Waals surface area contributed by atoms with E-state index in [9.17, 15) is 0 Å². The summed E-state index contributed by atoms with van der Waals surface area (Å²) in [6.07, 6.45) is 1.66. The van der Waals surface area contributed by atoms with Crippen LogP contribution in [0.2, 0.25) is 4.47 Å². The first kappa shape index (κ1) is 9.36. The van der Waals surface area contributed by atoms with Crippen LogP contribution in [0.5, 0.6) is 5.88 Å². The molecule has 0 fully saturated rings. The van der Waals surface area contributed by atoms with Gasteiger partial charge in [-0.3, -0.25) is 0 Å². The molecule has 0 unspecified atom stereocenters. The van der Waals surface area contributed by atoms with Crippen LogP contribution in [0.3, 0.4) is 0 Å². The summed E-state index contributed by atoms with van der Waals surface area (Å²) in [5, 5.41) is 8.34. The molecule has 0 radical (unpaired) electrons. The SMILES string of the molecule is COc1ncccc1-c1nnc(Cl)s1. The normalized spacial score (nSPS) is 10.1. The molecule has 0 aromatic carbocycles. The lowest BCUT2D eigenvalue weighted by Crippen LogP contribution is -1.90. The summed E-state index contributed by atoms with van der Waals surface area (Å²) in [5.41, 5.74) is 0.805. The zero-order valence-electron chi connectivity index (χ0n) is 7.27. The lowest BCUT2D eigenvalue weighted by atomic mass is 10.3. The monoisotopic (exact) mass is 227 g/mol. The van der Waals surface area contributed by atoms with E-state index in [2.05, 4.69) is 15.2 Å². The van der Waals surface area contributed by atoms with Crippen molar-refractivity contribution in [3.05, 3.63) is 22.8 Å². The molecule has 72 valence electrons. The number of methoxy groups -OCH3 is 1. The minimum atomic E-state index is 0.408. The van der Waals surface area contributed by atoms with Crippen molar-refractivity contribution in [3.8, 4) is 16.5 Å². The minimum Gasteiger partial charge on any atom is -0.480 e. The van der Waals surface area contributed by atoms with Crippen molar-refractivity contribution in [3.63, 3.8) is 0 Å². The summed E-state index contributed by atoms with van der Waals surface area (Å²) >= 11 is 6.98. The predicted octanol–water partition coefficient (Wildman–Crippen LogP) is 2.26. The zero-order valence-corrected chi connectivity index (χ0v) is 8.84. The minimum absolute atomic E-state index is 0.408. The molecule has 14 heavy (non-hydrogen) atoms. The Kier molecular flexibility index (Phi) is 2.60. The first-order valence-corrected chi connectivity index (χ1v) is 4.99. The lowest BCUT2D eigenvalue weighted by Gasteiger charge is -2.01. The highest BCUT2D eigenvalue weighted by Crippen LogP contribution is 2.31. The molecule has 0 aliphatic carbocycles. The van der Waals surface area contributed by atoms with Crippen LogP contribution in [-0.4, -0.2) is 22.3 Å². The van der Waals surface area contributed by atoms with Gasteiger partial charge in [0, 0.05) is 6.20 Å². The van der Waals surface area contributed by atoms with Crippen molar-refractivity contribution < 1.29 is 4.74 Å². The maximum absolute atomic E-state index is 5.69. The summed E-state index contributed by atoms with van der Waals surface area (Å²) in [4.78, 5) is 4.06. The highest BCUT2D eigenvalue weighted by molar-refractivity contribution is 7.18. The van der Waals surface area contributed by atoms with E-state index in [1.165, 1.54) is 11.3 Å². The molecular weight excluding hydrogens is 222 g/mol. The van der Waals surface area contributed by atoms with Gasteiger partial charge in [0.15, 0.2) is 5.01 Å². The van der Waals surface area contributed by atoms with Gasteiger partial charge in [0.05, 0.1) is 12.7 Å². The van der Waals surface area contributed by atoms with Gasteiger partial charge >= 0.3 is 0 Å². The van der Waals surface area contributed by atoms with Crippen LogP contribution in [0.4, 0.5) is 0 Å². The van der Waals surface area contributed by atoms with Gasteiger partial charge < -0.3 is 4.74 Å². The van der Waals surface area contributed by atoms with Gasteiger partial charge in [0.25, 0.3) is 0 Å². The zero-order chi connectivity index (χ0) is 9.97. The number of nitrogens with zero attached hydrogens (tertiary/aromatic N) is 3. The second kappa shape index (κ2) is 3.89. The van der Waals surface area contributed by atoms with E-state index in [0.717, 1.165) is 5.56 Å². The first-order valence-electron chi connectivity index (χ1n) is 3.79. The molecule has 2 heterocycles. The fourth-order valence-electron chi connectivity index (χ4n) is 1.03. The fraction of sp³-hybridized carbons (Fsp3) is 0.125. The van der Waals surface area contributed by atoms with Gasteiger partial charge in [0.1, 0.15) is 0 Å². The van der Waals surface area contributed by atoms with Crippen molar-refractivity contribution in [1.82, 2.24) is 15.2 Å². The van der Waals surface area contributed by atoms with Crippen LogP contribution >= 0.6 is 22.9 Å². The molecule has 0 saturated carbocycles. The van der Waals surface area contributed by atoms with Crippen LogP contribution in [0.1, 0.15) is 0 Å². The Morgan fingerprint density at radius 3 is 2.93 bits per heavy atom. The Labute approximate surface area is 89.5 Å². The Hall–Kier alpha value is -1.20. The Morgan fingerprint density at radius 2 is 2.29 bits per heavy atom. The van der Waals surface area contributed by atoms with E-state index in [4.69, 9.17) is 16.3 Å². The number of hydrogen-bond donors (Lipinski definition) is 0. The molecule has 2 rings (SSSR count). The number of pyridine rings is 1. The molecule has 2 aromatic rings. The second-order valence-electron chi connectivity index (χ2n) is 2.42. The van der Waals surface area contributed by atoms with Crippen LogP contribution < -0.4 is 4.74 Å². The topological polar surface area (TPSA) is 47.9 Å². The van der Waals surface area contributed by atoms with Gasteiger partial charge in [-0.15, -0.1) is 10.2 Å². The van der Waals surface area contributed by atoms with Gasteiger partial charge in [-0.2, -0.15) is 0 Å². The van der Waals surface area contributed by atoms with E-state index < -0.39 is 0 Å². The van der Waals surface area contributed by atoms with E-state index in [-0.39, 0.29) is 0 Å². The summed E-state index contributed by atoms with van der Waals surface area (Å²) in [5.74, 6) is 0.528. The molecule has 0 aliphatic rings. The first-order chi connectivity index (χ1) is 6.81. The standard InChI is InChI=1S/C8H6ClN3OS/c1-13-6-5(3-2-4-10-6)7-11-12-8(9)14-7/h2-4H,1H3. The summed E-state index contributed by atoms with van der Waals surface area (Å²) in [6, 6.07) is 3.68. The highest BCUT2D eigenvalue weighted by atomic mass is 35.5. The van der Waals surface area contributed by atoms with Crippen LogP contribution in [-0.2, 0) is 0 Å². The molecule has 6 heteroatoms. The van der Waals surface area contributed by atoms with Crippen LogP contribution in [0.15, 0.2) is 18.3 Å². The molecule has 0 spiro atoms. The van der Waals surface area contributed by atoms with E-state index in [1.54, 1.807) is 13.3 Å². The number of aromatic nitrogens is 3. The van der Waals surface area contributed by atoms with E-state index in [0.29, 0.717) is 15.4 Å². The van der Waals surface area contributed by atoms with E-state index in [1.807, 2.05) is 12.1 Å². The van der Waals surface area contributed by atoms with Crippen LogP contribution in [0.25, 0.3) is 10.6 Å². The Morgan fingerprint density at radius 1 is 1.43 bits per heavy atom. The summed E-state index contributed by atoms with van der Waals surface area (Å²) < 4.78 is 5.50. The van der Waals surface area contributed by atoms with Gasteiger partial charge in [-0.25, -0.2) is 4.98 Å². The number of halogens is 1. The van der Waals surface area contributed by atoms with Gasteiger partial charge in [-0.1, -0.05) is 11.3 Å². The largest absolute Gasteiger partial charge is 0.480 e. The third kappa shape index (κ3) is 1.69. The fourth-order valence-corrected chi connectivity index (χ4v) is 1.88. The smallest absolute Gasteiger partial charge is 0.223 e. The van der Waals surface area contributed by atoms with Crippen molar-refractivity contribution >= 4 is 22.9 Å². The summed E-state index contributed by atoms with van der Waals surface area (Å²) in [6.45, 7) is 0. The molecule has 0 bridgehead atoms. The number of hydrogen-bond acceptors (Lipinski definition) is 5. The average Bonchev–Trinajstić information content (AvgIpc) is 2.65. The predicted molar refractivity (Wildman–Crippen MR) is 54.7 cm³/mol. The third-order valence-corrected chi connectivity index (χ3v) is 2.65. The van der Waals surface area contributed by atoms with Crippen molar-refractivity contribution in [2.75, 3.05) is 7.11 Å². The molecule has 2 aromatic heterocycles. The van der Waals surface area contributed by atoms with Crippen molar-refractivity contribution in [1.29, 1.82) is 0 Å². The van der Waals surface area contributed by atoms with Gasteiger partial charge in [0.2, 0.25) is 10.3 Å². The second-order valence-corrected chi connectivity index (χ2v) is 3.98. The van der Waals surface area contributed by atoms with Crippen molar-refractivity contribution in [2.24, 2.45) is 0 Å². The third-order valence-electron chi connectivity index (χ3n) is 1.60. The highest BCUT2D eigenvalue weighted by Gasteiger charge is 2.10. The lowest BCUT2D eigenvalue weighted by molar-refractivity contribution is 0.399. The quantitative estimate of drug-likeness (QED) is 0.790. The van der Waals surface area contributed by atoms with Gasteiger partial charge in [-0.05, 0) is 23.7 Å². The molecule has 4 nitrogen and oxygen atoms in total. The maximum atomic E-state index is 5.69. The Bertz CT molecular complexity index is 446. The molecule has 0 N–H and O–H groups in total. The van der Waals surface area contributed by atoms with Crippen molar-refractivity contribution in [2.45, 2.75) is 0 Å². The molecule has 0 saturated heterocycles.